The Morgan fingerprint density at radius 2 is 1.40 bits per heavy atom. The van der Waals surface area contributed by atoms with Crippen molar-refractivity contribution in [3.63, 3.8) is 0 Å². The van der Waals surface area contributed by atoms with Crippen molar-refractivity contribution in [2.75, 3.05) is 11.4 Å². The highest BCUT2D eigenvalue weighted by Gasteiger charge is 2.16. The summed E-state index contributed by atoms with van der Waals surface area (Å²) >= 11 is 0. The molecule has 4 rings (SSSR count). The van der Waals surface area contributed by atoms with E-state index in [-0.39, 0.29) is 18.1 Å². The Kier molecular flexibility index (Phi) is 7.46. The average molecular weight is 468 g/mol. The number of carboxylic acids is 1. The van der Waals surface area contributed by atoms with Crippen molar-refractivity contribution in [2.24, 2.45) is 0 Å². The standard InChI is InChI=1S/C30H29NO4/c1-21(32)31(17-16-24-10-13-26-4-2-3-5-27(26)19-24)28-20-25(11-14-29(28)33)18-23-8-6-22(7-9-23)12-15-30(34)35/h2-11,13-14,19-20,33H,12,15-18H2,1H3,(H,34,35). The molecule has 0 radical (unpaired) electrons. The second-order valence-corrected chi connectivity index (χ2v) is 8.81. The summed E-state index contributed by atoms with van der Waals surface area (Å²) < 4.78 is 0. The van der Waals surface area contributed by atoms with Crippen LogP contribution in [0.25, 0.3) is 10.8 Å². The molecule has 0 saturated heterocycles. The molecule has 4 aromatic rings. The van der Waals surface area contributed by atoms with Crippen molar-refractivity contribution in [3.05, 3.63) is 107 Å². The first-order chi connectivity index (χ1) is 16.9. The number of carboxylic acid groups (broad SMARTS) is 1. The maximum absolute atomic E-state index is 12.5. The van der Waals surface area contributed by atoms with Crippen LogP contribution in [0.3, 0.4) is 0 Å². The summed E-state index contributed by atoms with van der Waals surface area (Å²) in [6, 6.07) is 27.8. The zero-order valence-electron chi connectivity index (χ0n) is 19.8. The molecule has 2 N–H and O–H groups in total. The van der Waals surface area contributed by atoms with Crippen LogP contribution in [0.4, 0.5) is 5.69 Å². The van der Waals surface area contributed by atoms with E-state index >= 15 is 0 Å². The molecule has 0 aliphatic heterocycles. The topological polar surface area (TPSA) is 77.8 Å². The van der Waals surface area contributed by atoms with E-state index in [2.05, 4.69) is 30.3 Å². The molecular formula is C30H29NO4. The van der Waals surface area contributed by atoms with Crippen molar-refractivity contribution in [2.45, 2.75) is 32.6 Å². The zero-order chi connectivity index (χ0) is 24.8. The van der Waals surface area contributed by atoms with E-state index in [0.29, 0.717) is 31.5 Å². The van der Waals surface area contributed by atoms with E-state index in [9.17, 15) is 14.7 Å². The summed E-state index contributed by atoms with van der Waals surface area (Å²) in [5, 5.41) is 21.8. The van der Waals surface area contributed by atoms with Crippen LogP contribution < -0.4 is 4.90 Å². The van der Waals surface area contributed by atoms with Gasteiger partial charge in [0, 0.05) is 19.9 Å². The summed E-state index contributed by atoms with van der Waals surface area (Å²) in [6.07, 6.45) is 1.93. The largest absolute Gasteiger partial charge is 0.506 e. The first-order valence-corrected chi connectivity index (χ1v) is 11.8. The van der Waals surface area contributed by atoms with Gasteiger partial charge in [-0.15, -0.1) is 0 Å². The lowest BCUT2D eigenvalue weighted by Crippen LogP contribution is -2.30. The molecule has 0 aliphatic rings. The number of fused-ring (bicyclic) bond motifs is 1. The van der Waals surface area contributed by atoms with Crippen LogP contribution in [0.5, 0.6) is 5.75 Å². The van der Waals surface area contributed by atoms with Gasteiger partial charge in [0.1, 0.15) is 5.75 Å². The van der Waals surface area contributed by atoms with Gasteiger partial charge in [0.15, 0.2) is 0 Å². The monoisotopic (exact) mass is 467 g/mol. The van der Waals surface area contributed by atoms with Gasteiger partial charge in [-0.2, -0.15) is 0 Å². The molecule has 5 nitrogen and oxygen atoms in total. The number of aliphatic carboxylic acids is 1. The normalized spacial score (nSPS) is 10.9. The number of aryl methyl sites for hydroxylation is 1. The molecule has 5 heteroatoms. The third-order valence-electron chi connectivity index (χ3n) is 6.21. The van der Waals surface area contributed by atoms with Crippen molar-refractivity contribution in [1.29, 1.82) is 0 Å². The van der Waals surface area contributed by atoms with Gasteiger partial charge >= 0.3 is 5.97 Å². The van der Waals surface area contributed by atoms with Crippen LogP contribution in [-0.4, -0.2) is 28.6 Å². The predicted octanol–water partition coefficient (Wildman–Crippen LogP) is 5.75. The van der Waals surface area contributed by atoms with E-state index in [1.165, 1.54) is 12.3 Å². The van der Waals surface area contributed by atoms with Gasteiger partial charge in [0.2, 0.25) is 5.91 Å². The number of carbonyl (C=O) groups is 2. The van der Waals surface area contributed by atoms with Crippen LogP contribution in [-0.2, 0) is 28.9 Å². The number of phenols is 1. The number of nitrogens with zero attached hydrogens (tertiary/aromatic N) is 1. The van der Waals surface area contributed by atoms with Crippen molar-refractivity contribution in [3.8, 4) is 5.75 Å². The maximum Gasteiger partial charge on any atom is 0.303 e. The third-order valence-corrected chi connectivity index (χ3v) is 6.21. The molecule has 35 heavy (non-hydrogen) atoms. The number of carbonyl (C=O) groups excluding carboxylic acids is 1. The summed E-state index contributed by atoms with van der Waals surface area (Å²) in [4.78, 5) is 24.9. The average Bonchev–Trinajstić information content (AvgIpc) is 2.85. The number of phenolic OH excluding ortho intramolecular Hbond substituents is 1. The number of hydrogen-bond acceptors (Lipinski definition) is 3. The highest BCUT2D eigenvalue weighted by Crippen LogP contribution is 2.30. The van der Waals surface area contributed by atoms with E-state index in [1.807, 2.05) is 48.5 Å². The fourth-order valence-electron chi connectivity index (χ4n) is 4.29. The summed E-state index contributed by atoms with van der Waals surface area (Å²) in [6.45, 7) is 1.98. The highest BCUT2D eigenvalue weighted by atomic mass is 16.4. The van der Waals surface area contributed by atoms with E-state index < -0.39 is 5.97 Å². The lowest BCUT2D eigenvalue weighted by molar-refractivity contribution is -0.137. The number of aromatic hydroxyl groups is 1. The van der Waals surface area contributed by atoms with Crippen molar-refractivity contribution >= 4 is 28.3 Å². The van der Waals surface area contributed by atoms with Crippen molar-refractivity contribution < 1.29 is 19.8 Å². The minimum atomic E-state index is -0.804. The first-order valence-electron chi connectivity index (χ1n) is 11.8. The predicted molar refractivity (Wildman–Crippen MR) is 139 cm³/mol. The van der Waals surface area contributed by atoms with Crippen LogP contribution in [0.1, 0.15) is 35.6 Å². The quantitative estimate of drug-likeness (QED) is 0.329. The first kappa shape index (κ1) is 24.0. The van der Waals surface area contributed by atoms with E-state index in [1.54, 1.807) is 11.0 Å². The lowest BCUT2D eigenvalue weighted by atomic mass is 10.0. The molecule has 1 amide bonds. The van der Waals surface area contributed by atoms with Crippen LogP contribution in [0.2, 0.25) is 0 Å². The van der Waals surface area contributed by atoms with Crippen LogP contribution in [0, 0.1) is 0 Å². The van der Waals surface area contributed by atoms with Gasteiger partial charge in [-0.05, 0) is 64.4 Å². The Labute approximate surface area is 205 Å². The maximum atomic E-state index is 12.5. The number of amides is 1. The second kappa shape index (κ2) is 10.9. The molecule has 0 bridgehead atoms. The smallest absolute Gasteiger partial charge is 0.303 e. The van der Waals surface area contributed by atoms with Crippen LogP contribution in [0.15, 0.2) is 84.9 Å². The number of anilines is 1. The second-order valence-electron chi connectivity index (χ2n) is 8.81. The van der Waals surface area contributed by atoms with E-state index in [0.717, 1.165) is 27.6 Å². The molecule has 0 aromatic heterocycles. The fourth-order valence-corrected chi connectivity index (χ4v) is 4.29. The Bertz CT molecular complexity index is 1340. The molecular weight excluding hydrogens is 438 g/mol. The minimum Gasteiger partial charge on any atom is -0.506 e. The Balaban J connectivity index is 1.48. The molecule has 0 heterocycles. The SMILES string of the molecule is CC(=O)N(CCc1ccc2ccccc2c1)c1cc(Cc2ccc(CCC(=O)O)cc2)ccc1O. The third kappa shape index (κ3) is 6.27. The number of hydrogen-bond donors (Lipinski definition) is 2. The number of rotatable bonds is 9. The van der Waals surface area contributed by atoms with Gasteiger partial charge < -0.3 is 15.1 Å². The minimum absolute atomic E-state index is 0.0754. The molecule has 0 saturated carbocycles. The van der Waals surface area contributed by atoms with Gasteiger partial charge in [0.05, 0.1) is 5.69 Å². The Morgan fingerprint density at radius 1 is 0.743 bits per heavy atom. The molecule has 0 aliphatic carbocycles. The Hall–Kier alpha value is -4.12. The summed E-state index contributed by atoms with van der Waals surface area (Å²) in [7, 11) is 0. The lowest BCUT2D eigenvalue weighted by Gasteiger charge is -2.23. The molecule has 178 valence electrons. The molecule has 0 unspecified atom stereocenters. The number of benzene rings is 4. The fraction of sp³-hybridized carbons (Fsp3) is 0.200. The van der Waals surface area contributed by atoms with Crippen molar-refractivity contribution in [1.82, 2.24) is 0 Å². The molecule has 0 spiro atoms. The highest BCUT2D eigenvalue weighted by molar-refractivity contribution is 5.93. The van der Waals surface area contributed by atoms with Gasteiger partial charge in [-0.3, -0.25) is 9.59 Å². The van der Waals surface area contributed by atoms with Gasteiger partial charge in [-0.25, -0.2) is 0 Å². The van der Waals surface area contributed by atoms with Gasteiger partial charge in [0.25, 0.3) is 0 Å². The summed E-state index contributed by atoms with van der Waals surface area (Å²) in [5.41, 5.74) is 4.68. The van der Waals surface area contributed by atoms with Gasteiger partial charge in [-0.1, -0.05) is 72.8 Å². The Morgan fingerprint density at radius 3 is 2.11 bits per heavy atom. The molecule has 0 atom stereocenters. The summed E-state index contributed by atoms with van der Waals surface area (Å²) in [5.74, 6) is -0.853. The molecule has 4 aromatic carbocycles. The van der Waals surface area contributed by atoms with Crippen LogP contribution >= 0.6 is 0 Å². The van der Waals surface area contributed by atoms with E-state index in [4.69, 9.17) is 5.11 Å². The molecule has 0 fully saturated rings. The zero-order valence-corrected chi connectivity index (χ0v) is 19.8.